The third kappa shape index (κ3) is 5.77. The summed E-state index contributed by atoms with van der Waals surface area (Å²) in [6.07, 6.45) is 3.12. The van der Waals surface area contributed by atoms with Crippen LogP contribution >= 0.6 is 11.6 Å². The number of aryl methyl sites for hydroxylation is 1. The summed E-state index contributed by atoms with van der Waals surface area (Å²) >= 11 is 6.36. The number of carbonyl (C=O) groups excluding carboxylic acids is 2. The Balaban J connectivity index is 1.22. The standard InChI is InChI=1S/C22H28ClN5O3/c1-27-19(12-18(26-27)16-4-5-16)22(30)25-13-15-3-6-20(17(23)11-15)31-10-2-8-28-9-7-24-21(29)14-28/h3,6,11-12,16H,2,4-5,7-10,13-14H2,1H3,(H,24,29)(H,25,30). The SMILES string of the molecule is Cn1nc(C2CC2)cc1C(=O)NCc1ccc(OCCCN2CCNC(=O)C2)c(Cl)c1. The van der Waals surface area contributed by atoms with Crippen LogP contribution in [0, 0.1) is 0 Å². The highest BCUT2D eigenvalue weighted by atomic mass is 35.5. The summed E-state index contributed by atoms with van der Waals surface area (Å²) in [6, 6.07) is 7.42. The number of nitrogens with zero attached hydrogens (tertiary/aromatic N) is 3. The lowest BCUT2D eigenvalue weighted by Gasteiger charge is -2.26. The number of aromatic nitrogens is 2. The molecule has 1 aliphatic carbocycles. The number of halogens is 1. The van der Waals surface area contributed by atoms with Crippen LogP contribution < -0.4 is 15.4 Å². The van der Waals surface area contributed by atoms with Gasteiger partial charge in [0.15, 0.2) is 0 Å². The Morgan fingerprint density at radius 1 is 1.35 bits per heavy atom. The van der Waals surface area contributed by atoms with Crippen LogP contribution in [0.25, 0.3) is 0 Å². The Bertz CT molecular complexity index is 957. The monoisotopic (exact) mass is 445 g/mol. The summed E-state index contributed by atoms with van der Waals surface area (Å²) in [7, 11) is 1.80. The highest BCUT2D eigenvalue weighted by Crippen LogP contribution is 2.39. The van der Waals surface area contributed by atoms with Crippen molar-refractivity contribution >= 4 is 23.4 Å². The van der Waals surface area contributed by atoms with E-state index in [0.29, 0.717) is 48.6 Å². The summed E-state index contributed by atoms with van der Waals surface area (Å²) in [5.74, 6) is 1.06. The predicted octanol–water partition coefficient (Wildman–Crippen LogP) is 2.08. The lowest BCUT2D eigenvalue weighted by molar-refractivity contribution is -0.124. The van der Waals surface area contributed by atoms with Crippen molar-refractivity contribution in [3.8, 4) is 5.75 Å². The van der Waals surface area contributed by atoms with Crippen LogP contribution in [0.3, 0.4) is 0 Å². The largest absolute Gasteiger partial charge is 0.492 e. The van der Waals surface area contributed by atoms with E-state index in [0.717, 1.165) is 43.6 Å². The van der Waals surface area contributed by atoms with E-state index >= 15 is 0 Å². The average Bonchev–Trinajstić information content (AvgIpc) is 3.52. The second-order valence-electron chi connectivity index (χ2n) is 8.13. The van der Waals surface area contributed by atoms with Crippen LogP contribution in [0.4, 0.5) is 0 Å². The van der Waals surface area contributed by atoms with Gasteiger partial charge in [-0.15, -0.1) is 0 Å². The summed E-state index contributed by atoms with van der Waals surface area (Å²) in [5, 5.41) is 10.7. The number of benzene rings is 1. The van der Waals surface area contributed by atoms with E-state index in [9.17, 15) is 9.59 Å². The maximum atomic E-state index is 12.5. The molecule has 0 atom stereocenters. The minimum absolute atomic E-state index is 0.0737. The smallest absolute Gasteiger partial charge is 0.269 e. The van der Waals surface area contributed by atoms with E-state index in [2.05, 4.69) is 20.6 Å². The van der Waals surface area contributed by atoms with Crippen molar-refractivity contribution in [2.45, 2.75) is 31.7 Å². The fraction of sp³-hybridized carbons (Fsp3) is 0.500. The molecule has 31 heavy (non-hydrogen) atoms. The van der Waals surface area contributed by atoms with Crippen molar-refractivity contribution in [3.63, 3.8) is 0 Å². The van der Waals surface area contributed by atoms with E-state index in [1.165, 1.54) is 0 Å². The first kappa shape index (κ1) is 21.6. The lowest BCUT2D eigenvalue weighted by Crippen LogP contribution is -2.47. The second kappa shape index (κ2) is 9.70. The Morgan fingerprint density at radius 2 is 2.19 bits per heavy atom. The molecule has 0 spiro atoms. The number of piperazine rings is 1. The molecule has 0 radical (unpaired) electrons. The molecule has 1 saturated heterocycles. The van der Waals surface area contributed by atoms with Crippen molar-refractivity contribution in [2.75, 3.05) is 32.8 Å². The zero-order chi connectivity index (χ0) is 21.8. The quantitative estimate of drug-likeness (QED) is 0.577. The Labute approximate surface area is 186 Å². The molecule has 4 rings (SSSR count). The molecular weight excluding hydrogens is 418 g/mol. The van der Waals surface area contributed by atoms with E-state index in [1.54, 1.807) is 11.7 Å². The van der Waals surface area contributed by atoms with Gasteiger partial charge in [0.05, 0.1) is 23.9 Å². The molecule has 0 bridgehead atoms. The third-order valence-electron chi connectivity index (χ3n) is 5.57. The van der Waals surface area contributed by atoms with Crippen LogP contribution in [0.15, 0.2) is 24.3 Å². The summed E-state index contributed by atoms with van der Waals surface area (Å²) in [6.45, 7) is 3.73. The summed E-state index contributed by atoms with van der Waals surface area (Å²) in [5.41, 5.74) is 2.47. The first-order valence-corrected chi connectivity index (χ1v) is 11.1. The number of amides is 2. The van der Waals surface area contributed by atoms with E-state index in [-0.39, 0.29) is 11.8 Å². The number of carbonyl (C=O) groups is 2. The van der Waals surface area contributed by atoms with Gasteiger partial charge in [-0.3, -0.25) is 19.2 Å². The van der Waals surface area contributed by atoms with Gasteiger partial charge in [-0.2, -0.15) is 5.10 Å². The molecule has 2 fully saturated rings. The number of rotatable bonds is 9. The fourth-order valence-corrected chi connectivity index (χ4v) is 3.94. The van der Waals surface area contributed by atoms with Crippen molar-refractivity contribution < 1.29 is 14.3 Å². The number of hydrogen-bond donors (Lipinski definition) is 2. The Kier molecular flexibility index (Phi) is 6.77. The van der Waals surface area contributed by atoms with Gasteiger partial charge in [-0.1, -0.05) is 17.7 Å². The molecule has 166 valence electrons. The zero-order valence-electron chi connectivity index (χ0n) is 17.7. The Hall–Kier alpha value is -2.58. The van der Waals surface area contributed by atoms with Crippen LogP contribution in [-0.4, -0.2) is 59.3 Å². The van der Waals surface area contributed by atoms with Crippen molar-refractivity contribution in [1.82, 2.24) is 25.3 Å². The third-order valence-corrected chi connectivity index (χ3v) is 5.87. The van der Waals surface area contributed by atoms with Gasteiger partial charge in [0.25, 0.3) is 5.91 Å². The molecule has 8 nitrogen and oxygen atoms in total. The van der Waals surface area contributed by atoms with Crippen LogP contribution in [0.2, 0.25) is 5.02 Å². The first-order chi connectivity index (χ1) is 15.0. The van der Waals surface area contributed by atoms with Crippen molar-refractivity contribution in [1.29, 1.82) is 0 Å². The topological polar surface area (TPSA) is 88.5 Å². The first-order valence-electron chi connectivity index (χ1n) is 10.7. The van der Waals surface area contributed by atoms with E-state index in [1.807, 2.05) is 24.3 Å². The van der Waals surface area contributed by atoms with Gasteiger partial charge in [0.1, 0.15) is 11.4 Å². The van der Waals surface area contributed by atoms with E-state index < -0.39 is 0 Å². The molecule has 2 amide bonds. The normalized spacial score (nSPS) is 16.8. The second-order valence-corrected chi connectivity index (χ2v) is 8.54. The minimum Gasteiger partial charge on any atom is -0.492 e. The molecule has 1 aromatic heterocycles. The van der Waals surface area contributed by atoms with Crippen molar-refractivity contribution in [3.05, 3.63) is 46.2 Å². The summed E-state index contributed by atoms with van der Waals surface area (Å²) < 4.78 is 7.44. The predicted molar refractivity (Wildman–Crippen MR) is 117 cm³/mol. The van der Waals surface area contributed by atoms with Crippen LogP contribution in [0.1, 0.15) is 46.9 Å². The average molecular weight is 446 g/mol. The fourth-order valence-electron chi connectivity index (χ4n) is 3.68. The molecule has 2 aliphatic rings. The summed E-state index contributed by atoms with van der Waals surface area (Å²) in [4.78, 5) is 26.0. The van der Waals surface area contributed by atoms with Crippen LogP contribution in [-0.2, 0) is 18.4 Å². The Morgan fingerprint density at radius 3 is 2.94 bits per heavy atom. The molecule has 1 aromatic carbocycles. The molecular formula is C22H28ClN5O3. The molecule has 1 aliphatic heterocycles. The zero-order valence-corrected chi connectivity index (χ0v) is 18.5. The molecule has 1 saturated carbocycles. The highest BCUT2D eigenvalue weighted by molar-refractivity contribution is 6.32. The highest BCUT2D eigenvalue weighted by Gasteiger charge is 2.28. The van der Waals surface area contributed by atoms with Gasteiger partial charge in [0, 0.05) is 39.1 Å². The molecule has 2 N–H and O–H groups in total. The lowest BCUT2D eigenvalue weighted by atomic mass is 10.2. The van der Waals surface area contributed by atoms with Gasteiger partial charge >= 0.3 is 0 Å². The number of hydrogen-bond acceptors (Lipinski definition) is 5. The minimum atomic E-state index is -0.148. The molecule has 0 unspecified atom stereocenters. The molecule has 2 heterocycles. The van der Waals surface area contributed by atoms with Gasteiger partial charge < -0.3 is 15.4 Å². The number of nitrogens with one attached hydrogen (secondary N) is 2. The maximum Gasteiger partial charge on any atom is 0.269 e. The molecule has 2 aromatic rings. The van der Waals surface area contributed by atoms with Gasteiger partial charge in [-0.25, -0.2) is 0 Å². The van der Waals surface area contributed by atoms with Gasteiger partial charge in [0.2, 0.25) is 5.91 Å². The van der Waals surface area contributed by atoms with Crippen molar-refractivity contribution in [2.24, 2.45) is 7.05 Å². The van der Waals surface area contributed by atoms with Gasteiger partial charge in [-0.05, 0) is 43.0 Å². The maximum absolute atomic E-state index is 12.5. The van der Waals surface area contributed by atoms with E-state index in [4.69, 9.17) is 16.3 Å². The molecule has 9 heteroatoms. The number of ether oxygens (including phenoxy) is 1. The van der Waals surface area contributed by atoms with Crippen LogP contribution in [0.5, 0.6) is 5.75 Å².